The fourth-order valence-corrected chi connectivity index (χ4v) is 1.53. The second-order valence-corrected chi connectivity index (χ2v) is 3.76. The average Bonchev–Trinajstić information content (AvgIpc) is 2.36. The number of hydrogen-bond acceptors (Lipinski definition) is 4. The molecular weight excluding hydrogens is 214 g/mol. The summed E-state index contributed by atoms with van der Waals surface area (Å²) in [6, 6.07) is 5.81. The molecule has 0 aromatic carbocycles. The third-order valence-electron chi connectivity index (χ3n) is 2.36. The van der Waals surface area contributed by atoms with Crippen molar-refractivity contribution in [2.24, 2.45) is 0 Å². The van der Waals surface area contributed by atoms with Gasteiger partial charge >= 0.3 is 0 Å². The second kappa shape index (κ2) is 5.84. The van der Waals surface area contributed by atoms with Gasteiger partial charge in [0.25, 0.3) is 0 Å². The summed E-state index contributed by atoms with van der Waals surface area (Å²) >= 11 is 0. The largest absolute Gasteiger partial charge is 0.492 e. The van der Waals surface area contributed by atoms with Gasteiger partial charge in [-0.15, -0.1) is 0 Å². The predicted molar refractivity (Wildman–Crippen MR) is 66.7 cm³/mol. The molecule has 4 nitrogen and oxygen atoms in total. The number of anilines is 1. The number of aromatic nitrogens is 2. The fourth-order valence-electron chi connectivity index (χ4n) is 1.53. The van der Waals surface area contributed by atoms with Gasteiger partial charge < -0.3 is 10.5 Å². The molecule has 2 aromatic heterocycles. The SMILES string of the molecule is Nc1cncc(OCCCc2ccncc2)c1. The Hall–Kier alpha value is -2.10. The molecule has 0 bridgehead atoms. The summed E-state index contributed by atoms with van der Waals surface area (Å²) in [7, 11) is 0. The first-order valence-electron chi connectivity index (χ1n) is 5.57. The van der Waals surface area contributed by atoms with E-state index >= 15 is 0 Å². The van der Waals surface area contributed by atoms with Crippen molar-refractivity contribution in [2.75, 3.05) is 12.3 Å². The zero-order valence-electron chi connectivity index (χ0n) is 9.54. The van der Waals surface area contributed by atoms with Gasteiger partial charge in [-0.3, -0.25) is 9.97 Å². The molecule has 2 aromatic rings. The summed E-state index contributed by atoms with van der Waals surface area (Å²) in [5.41, 5.74) is 7.50. The normalized spacial score (nSPS) is 10.1. The number of hydrogen-bond donors (Lipinski definition) is 1. The number of pyridine rings is 2. The van der Waals surface area contributed by atoms with Crippen LogP contribution in [0.4, 0.5) is 5.69 Å². The Morgan fingerprint density at radius 3 is 2.71 bits per heavy atom. The van der Waals surface area contributed by atoms with Crippen LogP contribution in [0.3, 0.4) is 0 Å². The van der Waals surface area contributed by atoms with Crippen LogP contribution >= 0.6 is 0 Å². The highest BCUT2D eigenvalue weighted by molar-refractivity contribution is 5.39. The minimum absolute atomic E-state index is 0.622. The van der Waals surface area contributed by atoms with E-state index in [1.165, 1.54) is 5.56 Å². The third-order valence-corrected chi connectivity index (χ3v) is 2.36. The van der Waals surface area contributed by atoms with E-state index < -0.39 is 0 Å². The summed E-state index contributed by atoms with van der Waals surface area (Å²) in [6.07, 6.45) is 8.82. The van der Waals surface area contributed by atoms with Gasteiger partial charge in [-0.25, -0.2) is 0 Å². The van der Waals surface area contributed by atoms with Crippen molar-refractivity contribution >= 4 is 5.69 Å². The van der Waals surface area contributed by atoms with E-state index in [2.05, 4.69) is 9.97 Å². The highest BCUT2D eigenvalue weighted by Crippen LogP contribution is 2.12. The Bertz CT molecular complexity index is 459. The summed E-state index contributed by atoms with van der Waals surface area (Å²) < 4.78 is 5.55. The van der Waals surface area contributed by atoms with Crippen molar-refractivity contribution in [3.05, 3.63) is 48.5 Å². The minimum atomic E-state index is 0.622. The van der Waals surface area contributed by atoms with Crippen LogP contribution in [0.2, 0.25) is 0 Å². The zero-order valence-corrected chi connectivity index (χ0v) is 9.54. The highest BCUT2D eigenvalue weighted by Gasteiger charge is 1.96. The average molecular weight is 229 g/mol. The van der Waals surface area contributed by atoms with Crippen LogP contribution < -0.4 is 10.5 Å². The van der Waals surface area contributed by atoms with Crippen molar-refractivity contribution in [3.8, 4) is 5.75 Å². The maximum Gasteiger partial charge on any atom is 0.139 e. The van der Waals surface area contributed by atoms with Gasteiger partial charge in [0.1, 0.15) is 5.75 Å². The lowest BCUT2D eigenvalue weighted by Crippen LogP contribution is -2.00. The van der Waals surface area contributed by atoms with E-state index in [9.17, 15) is 0 Å². The fraction of sp³-hybridized carbons (Fsp3) is 0.231. The van der Waals surface area contributed by atoms with Gasteiger partial charge in [0.2, 0.25) is 0 Å². The number of nitrogens with zero attached hydrogens (tertiary/aromatic N) is 2. The van der Waals surface area contributed by atoms with Crippen molar-refractivity contribution in [2.45, 2.75) is 12.8 Å². The summed E-state index contributed by atoms with van der Waals surface area (Å²) in [6.45, 7) is 0.660. The van der Waals surface area contributed by atoms with Gasteiger partial charge in [-0.1, -0.05) is 0 Å². The Morgan fingerprint density at radius 2 is 1.94 bits per heavy atom. The Balaban J connectivity index is 1.73. The van der Waals surface area contributed by atoms with E-state index in [1.54, 1.807) is 30.9 Å². The minimum Gasteiger partial charge on any atom is -0.492 e. The van der Waals surface area contributed by atoms with Gasteiger partial charge in [0.05, 0.1) is 24.7 Å². The quantitative estimate of drug-likeness (QED) is 0.797. The van der Waals surface area contributed by atoms with Crippen LogP contribution in [-0.2, 0) is 6.42 Å². The summed E-state index contributed by atoms with van der Waals surface area (Å²) in [5, 5.41) is 0. The number of nitrogen functional groups attached to an aromatic ring is 1. The molecule has 2 N–H and O–H groups in total. The van der Waals surface area contributed by atoms with Crippen molar-refractivity contribution in [3.63, 3.8) is 0 Å². The molecule has 0 radical (unpaired) electrons. The van der Waals surface area contributed by atoms with Crippen LogP contribution in [0.25, 0.3) is 0 Å². The number of ether oxygens (including phenoxy) is 1. The third kappa shape index (κ3) is 3.75. The molecule has 0 spiro atoms. The van der Waals surface area contributed by atoms with Gasteiger partial charge in [-0.05, 0) is 30.5 Å². The molecule has 0 fully saturated rings. The maximum absolute atomic E-state index is 5.60. The molecular formula is C13H15N3O. The lowest BCUT2D eigenvalue weighted by atomic mass is 10.1. The van der Waals surface area contributed by atoms with Crippen molar-refractivity contribution < 1.29 is 4.74 Å². The molecule has 2 rings (SSSR count). The van der Waals surface area contributed by atoms with E-state index in [0.717, 1.165) is 18.6 Å². The van der Waals surface area contributed by atoms with Gasteiger partial charge in [-0.2, -0.15) is 0 Å². The molecule has 88 valence electrons. The van der Waals surface area contributed by atoms with Crippen LogP contribution in [0.1, 0.15) is 12.0 Å². The molecule has 0 saturated carbocycles. The van der Waals surface area contributed by atoms with E-state index in [0.29, 0.717) is 12.3 Å². The smallest absolute Gasteiger partial charge is 0.139 e. The molecule has 0 unspecified atom stereocenters. The van der Waals surface area contributed by atoms with Crippen LogP contribution in [0.15, 0.2) is 43.0 Å². The first-order valence-corrected chi connectivity index (χ1v) is 5.57. The number of nitrogens with two attached hydrogens (primary N) is 1. The Morgan fingerprint density at radius 1 is 1.12 bits per heavy atom. The lowest BCUT2D eigenvalue weighted by Gasteiger charge is -2.06. The van der Waals surface area contributed by atoms with Crippen LogP contribution in [0, 0.1) is 0 Å². The second-order valence-electron chi connectivity index (χ2n) is 3.76. The number of rotatable bonds is 5. The Labute approximate surface area is 100 Å². The van der Waals surface area contributed by atoms with E-state index in [1.807, 2.05) is 12.1 Å². The molecule has 0 amide bonds. The molecule has 0 aliphatic heterocycles. The molecule has 2 heterocycles. The Kier molecular flexibility index (Phi) is 3.91. The van der Waals surface area contributed by atoms with E-state index in [4.69, 9.17) is 10.5 Å². The van der Waals surface area contributed by atoms with Crippen LogP contribution in [0.5, 0.6) is 5.75 Å². The highest BCUT2D eigenvalue weighted by atomic mass is 16.5. The van der Waals surface area contributed by atoms with Crippen molar-refractivity contribution in [1.29, 1.82) is 0 Å². The lowest BCUT2D eigenvalue weighted by molar-refractivity contribution is 0.310. The molecule has 0 atom stereocenters. The van der Waals surface area contributed by atoms with Crippen LogP contribution in [-0.4, -0.2) is 16.6 Å². The predicted octanol–water partition coefficient (Wildman–Crippen LogP) is 2.07. The molecule has 0 aliphatic carbocycles. The van der Waals surface area contributed by atoms with Gasteiger partial charge in [0.15, 0.2) is 0 Å². The topological polar surface area (TPSA) is 61.0 Å². The standard InChI is InChI=1S/C13H15N3O/c14-12-8-13(10-16-9-12)17-7-1-2-11-3-5-15-6-4-11/h3-6,8-10H,1-2,7,14H2. The molecule has 0 aliphatic rings. The summed E-state index contributed by atoms with van der Waals surface area (Å²) in [5.74, 6) is 0.722. The zero-order chi connectivity index (χ0) is 11.9. The maximum atomic E-state index is 5.60. The summed E-state index contributed by atoms with van der Waals surface area (Å²) in [4.78, 5) is 7.94. The van der Waals surface area contributed by atoms with Crippen molar-refractivity contribution in [1.82, 2.24) is 9.97 Å². The molecule has 17 heavy (non-hydrogen) atoms. The first kappa shape index (κ1) is 11.4. The first-order chi connectivity index (χ1) is 8.34. The number of aryl methyl sites for hydroxylation is 1. The van der Waals surface area contributed by atoms with Gasteiger partial charge in [0, 0.05) is 18.5 Å². The monoisotopic (exact) mass is 229 g/mol. The molecule has 0 saturated heterocycles. The van der Waals surface area contributed by atoms with E-state index in [-0.39, 0.29) is 0 Å². The molecule has 4 heteroatoms.